The second kappa shape index (κ2) is 4.94. The lowest BCUT2D eigenvalue weighted by Crippen LogP contribution is -2.08. The maximum atomic E-state index is 13.3. The fraction of sp³-hybridized carbons (Fsp3) is 0.0909. The normalized spacial score (nSPS) is 9.06. The molecule has 4 nitrogen and oxygen atoms in total. The number of rotatable bonds is 2. The van der Waals surface area contributed by atoms with Crippen LogP contribution in [-0.2, 0) is 4.79 Å². The van der Waals surface area contributed by atoms with E-state index in [9.17, 15) is 14.0 Å². The Kier molecular flexibility index (Phi) is 3.62. The van der Waals surface area contributed by atoms with Crippen LogP contribution in [0.4, 0.5) is 4.39 Å². The predicted molar refractivity (Wildman–Crippen MR) is 54.0 cm³/mol. The molecule has 1 aromatic carbocycles. The fourth-order valence-electron chi connectivity index (χ4n) is 1.05. The lowest BCUT2D eigenvalue weighted by atomic mass is 10.1. The van der Waals surface area contributed by atoms with E-state index in [0.29, 0.717) is 0 Å². The Balaban J connectivity index is 3.14. The maximum Gasteiger partial charge on any atom is 0.337 e. The van der Waals surface area contributed by atoms with E-state index in [1.165, 1.54) is 12.1 Å². The second-order valence-electron chi connectivity index (χ2n) is 2.91. The Bertz CT molecular complexity index is 500. The summed E-state index contributed by atoms with van der Waals surface area (Å²) in [7, 11) is 0. The Morgan fingerprint density at radius 3 is 2.69 bits per heavy atom. The molecule has 1 amide bonds. The van der Waals surface area contributed by atoms with Crippen LogP contribution in [0.15, 0.2) is 18.2 Å². The van der Waals surface area contributed by atoms with Crippen LogP contribution in [0, 0.1) is 17.7 Å². The maximum absolute atomic E-state index is 13.3. The highest BCUT2D eigenvalue weighted by molar-refractivity contribution is 5.90. The number of hydrogen-bond acceptors (Lipinski definition) is 2. The van der Waals surface area contributed by atoms with Gasteiger partial charge in [0.05, 0.1) is 17.5 Å². The number of halogens is 1. The van der Waals surface area contributed by atoms with Crippen LogP contribution in [0.1, 0.15) is 22.3 Å². The van der Waals surface area contributed by atoms with Gasteiger partial charge in [0.15, 0.2) is 0 Å². The number of amides is 1. The van der Waals surface area contributed by atoms with Crippen LogP contribution >= 0.6 is 0 Å². The number of carbonyl (C=O) groups excluding carboxylic acids is 1. The van der Waals surface area contributed by atoms with Crippen molar-refractivity contribution in [3.05, 3.63) is 35.1 Å². The zero-order valence-corrected chi connectivity index (χ0v) is 8.16. The molecule has 0 fully saturated rings. The molecule has 0 saturated heterocycles. The first kappa shape index (κ1) is 11.7. The average Bonchev–Trinajstić information content (AvgIpc) is 2.19. The molecule has 0 aliphatic rings. The van der Waals surface area contributed by atoms with Crippen molar-refractivity contribution in [2.75, 3.05) is 0 Å². The van der Waals surface area contributed by atoms with Crippen LogP contribution in [0.3, 0.4) is 0 Å². The van der Waals surface area contributed by atoms with Gasteiger partial charge in [-0.05, 0) is 12.1 Å². The van der Waals surface area contributed by atoms with Gasteiger partial charge in [-0.2, -0.15) is 0 Å². The number of benzene rings is 1. The van der Waals surface area contributed by atoms with Crippen molar-refractivity contribution in [3.8, 4) is 11.8 Å². The van der Waals surface area contributed by atoms with E-state index in [1.807, 2.05) is 0 Å². The first-order chi connectivity index (χ1) is 7.52. The monoisotopic (exact) mass is 221 g/mol. The van der Waals surface area contributed by atoms with Gasteiger partial charge in [-0.15, -0.1) is 0 Å². The molecule has 0 spiro atoms. The Labute approximate surface area is 90.9 Å². The van der Waals surface area contributed by atoms with Gasteiger partial charge in [0, 0.05) is 0 Å². The van der Waals surface area contributed by atoms with Crippen LogP contribution in [-0.4, -0.2) is 17.0 Å². The summed E-state index contributed by atoms with van der Waals surface area (Å²) in [6.45, 7) is 0. The van der Waals surface area contributed by atoms with Crippen molar-refractivity contribution in [1.29, 1.82) is 0 Å². The highest BCUT2D eigenvalue weighted by Gasteiger charge is 2.11. The van der Waals surface area contributed by atoms with E-state index in [2.05, 4.69) is 11.8 Å². The molecule has 5 heteroatoms. The Morgan fingerprint density at radius 2 is 2.12 bits per heavy atom. The zero-order chi connectivity index (χ0) is 12.1. The summed E-state index contributed by atoms with van der Waals surface area (Å²) in [4.78, 5) is 21.1. The van der Waals surface area contributed by atoms with Gasteiger partial charge in [0.1, 0.15) is 5.82 Å². The minimum Gasteiger partial charge on any atom is -0.478 e. The van der Waals surface area contributed by atoms with Crippen LogP contribution in [0.25, 0.3) is 0 Å². The molecule has 16 heavy (non-hydrogen) atoms. The average molecular weight is 221 g/mol. The fourth-order valence-corrected chi connectivity index (χ4v) is 1.05. The molecule has 0 saturated carbocycles. The number of carboxylic acid groups (broad SMARTS) is 1. The first-order valence-corrected chi connectivity index (χ1v) is 4.31. The quantitative estimate of drug-likeness (QED) is 0.723. The summed E-state index contributed by atoms with van der Waals surface area (Å²) >= 11 is 0. The van der Waals surface area contributed by atoms with Gasteiger partial charge in [0.2, 0.25) is 5.91 Å². The van der Waals surface area contributed by atoms with E-state index in [1.54, 1.807) is 0 Å². The lowest BCUT2D eigenvalue weighted by molar-refractivity contribution is -0.117. The molecule has 0 atom stereocenters. The van der Waals surface area contributed by atoms with Gasteiger partial charge >= 0.3 is 5.97 Å². The molecule has 0 aliphatic heterocycles. The third-order valence-corrected chi connectivity index (χ3v) is 1.72. The molecular formula is C11H8FNO3. The number of carboxylic acids is 1. The SMILES string of the molecule is NC(=O)CC#Cc1c(F)cccc1C(=O)O. The molecule has 1 rings (SSSR count). The van der Waals surface area contributed by atoms with Gasteiger partial charge in [-0.3, -0.25) is 4.79 Å². The van der Waals surface area contributed by atoms with Crippen molar-refractivity contribution >= 4 is 11.9 Å². The van der Waals surface area contributed by atoms with Crippen LogP contribution < -0.4 is 5.73 Å². The van der Waals surface area contributed by atoms with Gasteiger partial charge < -0.3 is 10.8 Å². The molecular weight excluding hydrogens is 213 g/mol. The third-order valence-electron chi connectivity index (χ3n) is 1.72. The van der Waals surface area contributed by atoms with E-state index in [4.69, 9.17) is 10.8 Å². The number of nitrogens with two attached hydrogens (primary N) is 1. The smallest absolute Gasteiger partial charge is 0.337 e. The minimum absolute atomic E-state index is 0.239. The van der Waals surface area contributed by atoms with Crippen LogP contribution in [0.2, 0.25) is 0 Å². The van der Waals surface area contributed by atoms with Crippen molar-refractivity contribution in [2.45, 2.75) is 6.42 Å². The minimum atomic E-state index is -1.28. The third kappa shape index (κ3) is 2.82. The molecule has 82 valence electrons. The van der Waals surface area contributed by atoms with E-state index < -0.39 is 17.7 Å². The van der Waals surface area contributed by atoms with Gasteiger partial charge in [-0.1, -0.05) is 17.9 Å². The first-order valence-electron chi connectivity index (χ1n) is 4.31. The summed E-state index contributed by atoms with van der Waals surface area (Å²) in [5.74, 6) is 1.93. The van der Waals surface area contributed by atoms with E-state index in [0.717, 1.165) is 6.07 Å². The Hall–Kier alpha value is -2.35. The summed E-state index contributed by atoms with van der Waals surface area (Å²) in [6.07, 6.45) is -0.243. The zero-order valence-electron chi connectivity index (χ0n) is 8.16. The summed E-state index contributed by atoms with van der Waals surface area (Å²) in [5.41, 5.74) is 4.36. The molecule has 0 radical (unpaired) electrons. The summed E-state index contributed by atoms with van der Waals surface area (Å²) in [6, 6.07) is 3.61. The van der Waals surface area contributed by atoms with Gasteiger partial charge in [0.25, 0.3) is 0 Å². The standard InChI is InChI=1S/C11H8FNO3/c12-9-5-1-4-8(11(15)16)7(9)3-2-6-10(13)14/h1,4-5H,6H2,(H2,13,14)(H,15,16). The largest absolute Gasteiger partial charge is 0.478 e. The number of aromatic carboxylic acids is 1. The molecule has 0 aliphatic carbocycles. The Morgan fingerprint density at radius 1 is 1.44 bits per heavy atom. The molecule has 1 aromatic rings. The van der Waals surface area contributed by atoms with Crippen LogP contribution in [0.5, 0.6) is 0 Å². The molecule has 3 N–H and O–H groups in total. The van der Waals surface area contributed by atoms with E-state index in [-0.39, 0.29) is 17.5 Å². The highest BCUT2D eigenvalue weighted by Crippen LogP contribution is 2.12. The molecule has 0 unspecified atom stereocenters. The second-order valence-corrected chi connectivity index (χ2v) is 2.91. The molecule has 0 bridgehead atoms. The topological polar surface area (TPSA) is 80.4 Å². The van der Waals surface area contributed by atoms with E-state index >= 15 is 0 Å². The van der Waals surface area contributed by atoms with Crippen molar-refractivity contribution in [2.24, 2.45) is 5.73 Å². The highest BCUT2D eigenvalue weighted by atomic mass is 19.1. The molecule has 0 heterocycles. The van der Waals surface area contributed by atoms with Crippen molar-refractivity contribution in [1.82, 2.24) is 0 Å². The lowest BCUT2D eigenvalue weighted by Gasteiger charge is -1.99. The number of primary amides is 1. The van der Waals surface area contributed by atoms with Crippen molar-refractivity contribution < 1.29 is 19.1 Å². The number of hydrogen-bond donors (Lipinski definition) is 2. The van der Waals surface area contributed by atoms with Crippen molar-refractivity contribution in [3.63, 3.8) is 0 Å². The summed E-state index contributed by atoms with van der Waals surface area (Å²) in [5, 5.41) is 8.77. The van der Waals surface area contributed by atoms with Gasteiger partial charge in [-0.25, -0.2) is 9.18 Å². The molecule has 0 aromatic heterocycles. The summed E-state index contributed by atoms with van der Waals surface area (Å²) < 4.78 is 13.3. The number of carbonyl (C=O) groups is 2. The predicted octanol–water partition coefficient (Wildman–Crippen LogP) is 0.751.